The number of fused-ring (bicyclic) bond motifs is 1. The van der Waals surface area contributed by atoms with Crippen LogP contribution in [0.4, 0.5) is 4.39 Å². The average molecular weight is 594 g/mol. The number of rotatable bonds is 12. The number of ketones is 2. The minimum atomic E-state index is -0.320. The van der Waals surface area contributed by atoms with Crippen LogP contribution < -0.4 is 0 Å². The van der Waals surface area contributed by atoms with Crippen LogP contribution in [0.1, 0.15) is 117 Å². The normalized spacial score (nSPS) is 17.8. The summed E-state index contributed by atoms with van der Waals surface area (Å²) in [4.78, 5) is 23.7. The fourth-order valence-electron chi connectivity index (χ4n) is 6.85. The van der Waals surface area contributed by atoms with Crippen molar-refractivity contribution in [2.24, 2.45) is 11.8 Å². The first-order valence-electron chi connectivity index (χ1n) is 16.8. The number of Topliss-reactive ketones (excluding diaryl/α,β-unsaturated/α-hetero) is 1. The highest BCUT2D eigenvalue weighted by molar-refractivity contribution is 6.09. The largest absolute Gasteiger partial charge is 0.347 e. The van der Waals surface area contributed by atoms with Crippen LogP contribution in [-0.2, 0) is 17.8 Å². The Morgan fingerprint density at radius 1 is 0.886 bits per heavy atom. The molecule has 2 aliphatic carbocycles. The Labute approximate surface area is 262 Å². The van der Waals surface area contributed by atoms with Gasteiger partial charge in [-0.3, -0.25) is 9.59 Å². The molecular weight excluding hydrogens is 545 g/mol. The number of aromatic nitrogens is 1. The van der Waals surface area contributed by atoms with Gasteiger partial charge in [-0.1, -0.05) is 63.3 Å². The average Bonchev–Trinajstić information content (AvgIpc) is 3.38. The maximum Gasteiger partial charge on any atom is 0.193 e. The van der Waals surface area contributed by atoms with Gasteiger partial charge in [0.25, 0.3) is 0 Å². The highest BCUT2D eigenvalue weighted by atomic mass is 19.1. The molecule has 1 heterocycles. The second-order valence-electron chi connectivity index (χ2n) is 13.1. The van der Waals surface area contributed by atoms with E-state index in [2.05, 4.69) is 61.0 Å². The molecular formula is C40H48FNO2. The summed E-state index contributed by atoms with van der Waals surface area (Å²) >= 11 is 0. The molecule has 4 heteroatoms. The van der Waals surface area contributed by atoms with Crippen molar-refractivity contribution in [2.75, 3.05) is 0 Å². The molecule has 3 aromatic carbocycles. The van der Waals surface area contributed by atoms with E-state index in [0.717, 1.165) is 44.1 Å². The zero-order valence-electron chi connectivity index (χ0n) is 26.8. The van der Waals surface area contributed by atoms with E-state index in [0.29, 0.717) is 22.8 Å². The second-order valence-corrected chi connectivity index (χ2v) is 13.1. The molecule has 0 amide bonds. The van der Waals surface area contributed by atoms with Crippen LogP contribution in [0.5, 0.6) is 0 Å². The molecule has 0 saturated heterocycles. The van der Waals surface area contributed by atoms with E-state index in [1.54, 1.807) is 12.1 Å². The molecule has 2 fully saturated rings. The second kappa shape index (κ2) is 15.0. The van der Waals surface area contributed by atoms with Crippen molar-refractivity contribution in [2.45, 2.75) is 104 Å². The fraction of sp³-hybridized carbons (Fsp3) is 0.450. The fourth-order valence-corrected chi connectivity index (χ4v) is 6.85. The van der Waals surface area contributed by atoms with E-state index >= 15 is 0 Å². The van der Waals surface area contributed by atoms with Gasteiger partial charge in [0.2, 0.25) is 0 Å². The lowest BCUT2D eigenvalue weighted by atomic mass is 9.68. The smallest absolute Gasteiger partial charge is 0.193 e. The molecule has 232 valence electrons. The predicted molar refractivity (Wildman–Crippen MR) is 179 cm³/mol. The highest BCUT2D eigenvalue weighted by Gasteiger charge is 2.31. The molecule has 3 nitrogen and oxygen atoms in total. The maximum atomic E-state index is 13.2. The van der Waals surface area contributed by atoms with E-state index in [4.69, 9.17) is 0 Å². The van der Waals surface area contributed by atoms with Gasteiger partial charge in [-0.2, -0.15) is 0 Å². The van der Waals surface area contributed by atoms with E-state index in [-0.39, 0.29) is 11.6 Å². The van der Waals surface area contributed by atoms with Crippen LogP contribution in [0.3, 0.4) is 0 Å². The first-order valence-corrected chi connectivity index (χ1v) is 16.8. The molecule has 44 heavy (non-hydrogen) atoms. The van der Waals surface area contributed by atoms with E-state index in [1.807, 2.05) is 13.0 Å². The van der Waals surface area contributed by atoms with Crippen molar-refractivity contribution in [1.82, 2.24) is 4.57 Å². The number of halogens is 1. The molecule has 0 bridgehead atoms. The standard InChI is InChI=1S/C32H34FNO.C8H14O/c1-3-5-25-21-27(32(35)24-8-11-29(33)12-9-24)10-13-30(25)28-19-23(20-28)6-4-16-34-17-15-26-18-22(2)7-14-31(26)34;1-2-8(9)6-7-4-3-5-7/h7-15,17-18,21,23,28H,3-6,16,19-20H2,1-2H3;7H,2-6H2,1H3. The molecule has 1 aromatic heterocycles. The first kappa shape index (κ1) is 31.9. The van der Waals surface area contributed by atoms with E-state index in [9.17, 15) is 14.0 Å². The van der Waals surface area contributed by atoms with Crippen molar-refractivity contribution in [3.05, 3.63) is 107 Å². The lowest BCUT2D eigenvalue weighted by Gasteiger charge is -2.37. The molecule has 4 aromatic rings. The van der Waals surface area contributed by atoms with Gasteiger partial charge in [-0.05, 0) is 122 Å². The Morgan fingerprint density at radius 3 is 2.32 bits per heavy atom. The molecule has 0 atom stereocenters. The van der Waals surface area contributed by atoms with Gasteiger partial charge < -0.3 is 4.57 Å². The Morgan fingerprint density at radius 2 is 1.64 bits per heavy atom. The topological polar surface area (TPSA) is 39.1 Å². The Kier molecular flexibility index (Phi) is 10.8. The Hall–Kier alpha value is -3.53. The summed E-state index contributed by atoms with van der Waals surface area (Å²) in [6, 6.07) is 21.0. The highest BCUT2D eigenvalue weighted by Crippen LogP contribution is 2.45. The van der Waals surface area contributed by atoms with Gasteiger partial charge in [0.1, 0.15) is 11.6 Å². The quantitative estimate of drug-likeness (QED) is 0.153. The zero-order valence-corrected chi connectivity index (χ0v) is 26.8. The van der Waals surface area contributed by atoms with Crippen molar-refractivity contribution >= 4 is 22.5 Å². The Bertz CT molecular complexity index is 1560. The molecule has 2 aliphatic rings. The van der Waals surface area contributed by atoms with Crippen molar-refractivity contribution in [3.8, 4) is 0 Å². The van der Waals surface area contributed by atoms with Crippen LogP contribution >= 0.6 is 0 Å². The minimum Gasteiger partial charge on any atom is -0.347 e. The van der Waals surface area contributed by atoms with Crippen molar-refractivity contribution < 1.29 is 14.0 Å². The monoisotopic (exact) mass is 593 g/mol. The molecule has 0 radical (unpaired) electrons. The molecule has 0 N–H and O–H groups in total. The van der Waals surface area contributed by atoms with Gasteiger partial charge in [-0.15, -0.1) is 0 Å². The number of nitrogens with zero attached hydrogens (tertiary/aromatic N) is 1. The number of carbonyl (C=O) groups is 2. The number of aryl methyl sites for hydroxylation is 3. The summed E-state index contributed by atoms with van der Waals surface area (Å²) in [5, 5.41) is 1.33. The van der Waals surface area contributed by atoms with Crippen LogP contribution in [0.2, 0.25) is 0 Å². The lowest BCUT2D eigenvalue weighted by molar-refractivity contribution is -0.120. The summed E-state index contributed by atoms with van der Waals surface area (Å²) in [7, 11) is 0. The summed E-state index contributed by atoms with van der Waals surface area (Å²) in [6.07, 6.45) is 14.8. The minimum absolute atomic E-state index is 0.0342. The number of hydrogen-bond donors (Lipinski definition) is 0. The molecule has 0 spiro atoms. The van der Waals surface area contributed by atoms with Crippen LogP contribution in [0.15, 0.2) is 72.9 Å². The SMILES string of the molecule is CCC(=O)CC1CCC1.CCCc1cc(C(=O)c2ccc(F)cc2)ccc1C1CC(CCCn2ccc3cc(C)ccc32)C1. The molecule has 0 aliphatic heterocycles. The summed E-state index contributed by atoms with van der Waals surface area (Å²) in [5.74, 6) is 2.25. The zero-order chi connectivity index (χ0) is 31.1. The van der Waals surface area contributed by atoms with Gasteiger partial charge in [0, 0.05) is 42.2 Å². The summed E-state index contributed by atoms with van der Waals surface area (Å²) < 4.78 is 15.6. The van der Waals surface area contributed by atoms with Crippen LogP contribution in [0.25, 0.3) is 10.9 Å². The van der Waals surface area contributed by atoms with E-state index in [1.165, 1.54) is 84.7 Å². The maximum absolute atomic E-state index is 13.2. The number of carbonyl (C=O) groups excluding carboxylic acids is 2. The molecule has 2 saturated carbocycles. The van der Waals surface area contributed by atoms with Crippen LogP contribution in [0, 0.1) is 24.6 Å². The van der Waals surface area contributed by atoms with Gasteiger partial charge in [-0.25, -0.2) is 4.39 Å². The summed E-state index contributed by atoms with van der Waals surface area (Å²) in [5.41, 5.74) is 6.61. The van der Waals surface area contributed by atoms with Crippen molar-refractivity contribution in [1.29, 1.82) is 0 Å². The Balaban J connectivity index is 0.000000367. The summed E-state index contributed by atoms with van der Waals surface area (Å²) in [6.45, 7) is 7.36. The van der Waals surface area contributed by atoms with Crippen LogP contribution in [-0.4, -0.2) is 16.1 Å². The van der Waals surface area contributed by atoms with Gasteiger partial charge in [0.15, 0.2) is 5.78 Å². The van der Waals surface area contributed by atoms with Crippen molar-refractivity contribution in [3.63, 3.8) is 0 Å². The first-order chi connectivity index (χ1) is 21.3. The van der Waals surface area contributed by atoms with Gasteiger partial charge in [0.05, 0.1) is 0 Å². The third kappa shape index (κ3) is 7.94. The third-order valence-corrected chi connectivity index (χ3v) is 9.78. The lowest BCUT2D eigenvalue weighted by Crippen LogP contribution is -2.23. The number of hydrogen-bond acceptors (Lipinski definition) is 2. The predicted octanol–water partition coefficient (Wildman–Crippen LogP) is 10.4. The number of benzene rings is 3. The third-order valence-electron chi connectivity index (χ3n) is 9.78. The van der Waals surface area contributed by atoms with E-state index < -0.39 is 0 Å². The van der Waals surface area contributed by atoms with Gasteiger partial charge >= 0.3 is 0 Å². The molecule has 6 rings (SSSR count). The molecule has 0 unspecified atom stereocenters.